The molecule has 0 aromatic rings. The van der Waals surface area contributed by atoms with Crippen LogP contribution in [0.3, 0.4) is 0 Å². The lowest BCUT2D eigenvalue weighted by Gasteiger charge is -2.19. The van der Waals surface area contributed by atoms with Crippen LogP contribution >= 0.6 is 0 Å². The quantitative estimate of drug-likeness (QED) is 0.578. The van der Waals surface area contributed by atoms with Gasteiger partial charge in [-0.05, 0) is 18.8 Å². The number of nitrogens with one attached hydrogen (secondary N) is 1. The largest absolute Gasteiger partial charge is 0.368 e. The van der Waals surface area contributed by atoms with Crippen molar-refractivity contribution < 1.29 is 9.59 Å². The maximum atomic E-state index is 11.6. The summed E-state index contributed by atoms with van der Waals surface area (Å²) in [6, 6.07) is -1.17. The SMILES string of the molecule is CCC[C@H](N)C(=O)N[C@@H](CC(C)C)C(N)=O. The maximum Gasteiger partial charge on any atom is 0.240 e. The van der Waals surface area contributed by atoms with Gasteiger partial charge < -0.3 is 16.8 Å². The third-order valence-electron chi connectivity index (χ3n) is 2.30. The van der Waals surface area contributed by atoms with Gasteiger partial charge in [-0.25, -0.2) is 0 Å². The molecule has 94 valence electrons. The zero-order valence-corrected chi connectivity index (χ0v) is 10.3. The predicted molar refractivity (Wildman–Crippen MR) is 63.5 cm³/mol. The number of carbonyl (C=O) groups is 2. The van der Waals surface area contributed by atoms with Crippen LogP contribution in [0, 0.1) is 5.92 Å². The Bertz CT molecular complexity index is 241. The average molecular weight is 229 g/mol. The molecule has 0 saturated carbocycles. The fourth-order valence-electron chi connectivity index (χ4n) is 1.44. The van der Waals surface area contributed by atoms with E-state index in [1.54, 1.807) is 0 Å². The van der Waals surface area contributed by atoms with Crippen molar-refractivity contribution in [1.29, 1.82) is 0 Å². The van der Waals surface area contributed by atoms with E-state index in [4.69, 9.17) is 11.5 Å². The monoisotopic (exact) mass is 229 g/mol. The number of hydrogen-bond acceptors (Lipinski definition) is 3. The van der Waals surface area contributed by atoms with Crippen molar-refractivity contribution >= 4 is 11.8 Å². The first-order valence-electron chi connectivity index (χ1n) is 5.73. The number of primary amides is 1. The zero-order valence-electron chi connectivity index (χ0n) is 10.3. The third kappa shape index (κ3) is 5.70. The summed E-state index contributed by atoms with van der Waals surface area (Å²) in [6.07, 6.45) is 1.99. The van der Waals surface area contributed by atoms with E-state index < -0.39 is 18.0 Å². The molecule has 0 unspecified atom stereocenters. The summed E-state index contributed by atoms with van der Waals surface area (Å²) in [5.41, 5.74) is 10.9. The number of hydrogen-bond donors (Lipinski definition) is 3. The minimum Gasteiger partial charge on any atom is -0.368 e. The van der Waals surface area contributed by atoms with Gasteiger partial charge in [0.25, 0.3) is 0 Å². The number of nitrogens with two attached hydrogens (primary N) is 2. The van der Waals surface area contributed by atoms with Crippen LogP contribution < -0.4 is 16.8 Å². The van der Waals surface area contributed by atoms with E-state index >= 15 is 0 Å². The lowest BCUT2D eigenvalue weighted by Crippen LogP contribution is -2.50. The van der Waals surface area contributed by atoms with Crippen LogP contribution in [-0.2, 0) is 9.59 Å². The van der Waals surface area contributed by atoms with Gasteiger partial charge in [0.05, 0.1) is 6.04 Å². The molecule has 0 aliphatic rings. The molecule has 0 saturated heterocycles. The first kappa shape index (κ1) is 14.9. The predicted octanol–water partition coefficient (Wildman–Crippen LogP) is 0.130. The highest BCUT2D eigenvalue weighted by molar-refractivity contribution is 5.88. The molecule has 0 fully saturated rings. The molecule has 0 spiro atoms. The van der Waals surface area contributed by atoms with Crippen molar-refractivity contribution in [2.24, 2.45) is 17.4 Å². The van der Waals surface area contributed by atoms with Crippen molar-refractivity contribution in [3.63, 3.8) is 0 Å². The van der Waals surface area contributed by atoms with Crippen LogP contribution in [0.1, 0.15) is 40.0 Å². The van der Waals surface area contributed by atoms with Gasteiger partial charge in [0.1, 0.15) is 6.04 Å². The van der Waals surface area contributed by atoms with E-state index in [9.17, 15) is 9.59 Å². The lowest BCUT2D eigenvalue weighted by molar-refractivity contribution is -0.128. The Kier molecular flexibility index (Phi) is 6.72. The van der Waals surface area contributed by atoms with Crippen molar-refractivity contribution in [2.75, 3.05) is 0 Å². The summed E-state index contributed by atoms with van der Waals surface area (Å²) >= 11 is 0. The minimum atomic E-state index is -0.615. The van der Waals surface area contributed by atoms with Gasteiger partial charge in [0.15, 0.2) is 0 Å². The van der Waals surface area contributed by atoms with Crippen LogP contribution in [0.2, 0.25) is 0 Å². The standard InChI is InChI=1S/C11H23N3O2/c1-4-5-8(12)11(16)14-9(10(13)15)6-7(2)3/h7-9H,4-6,12H2,1-3H3,(H2,13,15)(H,14,16)/t8-,9-/m0/s1. The van der Waals surface area contributed by atoms with E-state index in [-0.39, 0.29) is 5.91 Å². The van der Waals surface area contributed by atoms with Crippen LogP contribution in [-0.4, -0.2) is 23.9 Å². The molecule has 0 rings (SSSR count). The lowest BCUT2D eigenvalue weighted by atomic mass is 10.0. The maximum absolute atomic E-state index is 11.6. The van der Waals surface area contributed by atoms with Crippen LogP contribution in [0.25, 0.3) is 0 Å². The molecule has 5 heteroatoms. The summed E-state index contributed by atoms with van der Waals surface area (Å²) in [7, 11) is 0. The highest BCUT2D eigenvalue weighted by atomic mass is 16.2. The van der Waals surface area contributed by atoms with Crippen molar-refractivity contribution in [2.45, 2.75) is 52.1 Å². The Morgan fingerprint density at radius 1 is 1.31 bits per heavy atom. The fourth-order valence-corrected chi connectivity index (χ4v) is 1.44. The molecule has 5 nitrogen and oxygen atoms in total. The third-order valence-corrected chi connectivity index (χ3v) is 2.30. The van der Waals surface area contributed by atoms with Gasteiger partial charge in [-0.3, -0.25) is 9.59 Å². The summed E-state index contributed by atoms with van der Waals surface area (Å²) in [5.74, 6) is -0.516. The molecule has 16 heavy (non-hydrogen) atoms. The normalized spacial score (nSPS) is 14.6. The molecule has 0 heterocycles. The fraction of sp³-hybridized carbons (Fsp3) is 0.818. The highest BCUT2D eigenvalue weighted by Gasteiger charge is 2.22. The van der Waals surface area contributed by atoms with E-state index in [1.807, 2.05) is 20.8 Å². The van der Waals surface area contributed by atoms with Crippen LogP contribution in [0.5, 0.6) is 0 Å². The molecule has 2 amide bonds. The topological polar surface area (TPSA) is 98.2 Å². The average Bonchev–Trinajstić information content (AvgIpc) is 2.16. The molecule has 0 aromatic heterocycles. The molecule has 0 aliphatic heterocycles. The Morgan fingerprint density at radius 3 is 2.25 bits per heavy atom. The van der Waals surface area contributed by atoms with E-state index in [0.29, 0.717) is 18.8 Å². The Hall–Kier alpha value is -1.10. The minimum absolute atomic E-state index is 0.292. The first-order chi connectivity index (χ1) is 7.38. The molecular formula is C11H23N3O2. The van der Waals surface area contributed by atoms with Crippen molar-refractivity contribution in [3.8, 4) is 0 Å². The van der Waals surface area contributed by atoms with Gasteiger partial charge in [0, 0.05) is 0 Å². The van der Waals surface area contributed by atoms with Crippen LogP contribution in [0.4, 0.5) is 0 Å². The second-order valence-corrected chi connectivity index (χ2v) is 4.49. The van der Waals surface area contributed by atoms with E-state index in [2.05, 4.69) is 5.32 Å². The van der Waals surface area contributed by atoms with E-state index in [0.717, 1.165) is 6.42 Å². The number of amides is 2. The van der Waals surface area contributed by atoms with Gasteiger partial charge in [-0.15, -0.1) is 0 Å². The summed E-state index contributed by atoms with van der Waals surface area (Å²) in [5, 5.41) is 2.59. The van der Waals surface area contributed by atoms with Crippen LogP contribution in [0.15, 0.2) is 0 Å². The second-order valence-electron chi connectivity index (χ2n) is 4.49. The van der Waals surface area contributed by atoms with Gasteiger partial charge in [0.2, 0.25) is 11.8 Å². The Balaban J connectivity index is 4.28. The molecular weight excluding hydrogens is 206 g/mol. The Labute approximate surface area is 96.9 Å². The molecule has 2 atom stereocenters. The summed E-state index contributed by atoms with van der Waals surface area (Å²) < 4.78 is 0. The summed E-state index contributed by atoms with van der Waals surface area (Å²) in [6.45, 7) is 5.88. The molecule has 0 bridgehead atoms. The molecule has 0 aliphatic carbocycles. The smallest absolute Gasteiger partial charge is 0.240 e. The van der Waals surface area contributed by atoms with Gasteiger partial charge in [-0.1, -0.05) is 27.2 Å². The molecule has 0 radical (unpaired) electrons. The summed E-state index contributed by atoms with van der Waals surface area (Å²) in [4.78, 5) is 22.7. The highest BCUT2D eigenvalue weighted by Crippen LogP contribution is 2.05. The Morgan fingerprint density at radius 2 is 1.88 bits per heavy atom. The number of rotatable bonds is 7. The van der Waals surface area contributed by atoms with Gasteiger partial charge in [-0.2, -0.15) is 0 Å². The molecule has 0 aromatic carbocycles. The van der Waals surface area contributed by atoms with Crippen molar-refractivity contribution in [3.05, 3.63) is 0 Å². The van der Waals surface area contributed by atoms with Crippen molar-refractivity contribution in [1.82, 2.24) is 5.32 Å². The second kappa shape index (κ2) is 7.22. The first-order valence-corrected chi connectivity index (χ1v) is 5.73. The van der Waals surface area contributed by atoms with Gasteiger partial charge >= 0.3 is 0 Å². The van der Waals surface area contributed by atoms with E-state index in [1.165, 1.54) is 0 Å². The zero-order chi connectivity index (χ0) is 12.7. The molecule has 5 N–H and O–H groups in total. The number of carbonyl (C=O) groups excluding carboxylic acids is 2.